The van der Waals surface area contributed by atoms with Crippen LogP contribution >= 0.6 is 0 Å². The topological polar surface area (TPSA) is 54.5 Å². The van der Waals surface area contributed by atoms with Gasteiger partial charge in [-0.1, -0.05) is 0 Å². The number of pyridine rings is 1. The van der Waals surface area contributed by atoms with E-state index in [9.17, 15) is 4.79 Å². The predicted octanol–water partition coefficient (Wildman–Crippen LogP) is 1.21. The van der Waals surface area contributed by atoms with Crippen LogP contribution in [0.15, 0.2) is 24.5 Å². The third-order valence-corrected chi connectivity index (χ3v) is 5.03. The lowest BCUT2D eigenvalue weighted by Gasteiger charge is -2.47. The molecule has 0 aliphatic carbocycles. The second kappa shape index (κ2) is 5.07. The minimum absolute atomic E-state index is 0.103. The van der Waals surface area contributed by atoms with Crippen molar-refractivity contribution in [2.75, 3.05) is 19.7 Å². The number of aromatic nitrogens is 1. The molecular weight excluding hydrogens is 266 g/mol. The second-order valence-corrected chi connectivity index (χ2v) is 6.54. The number of amides is 1. The summed E-state index contributed by atoms with van der Waals surface area (Å²) in [6, 6.07) is 4.71. The van der Waals surface area contributed by atoms with Crippen molar-refractivity contribution in [2.45, 2.75) is 43.4 Å². The summed E-state index contributed by atoms with van der Waals surface area (Å²) in [5.41, 5.74) is 0.594. The summed E-state index contributed by atoms with van der Waals surface area (Å²) in [5, 5.41) is 3.65. The number of nitrogens with one attached hydrogen (secondary N) is 1. The first-order valence-electron chi connectivity index (χ1n) is 7.83. The molecule has 112 valence electrons. The highest BCUT2D eigenvalue weighted by Crippen LogP contribution is 2.38. The zero-order chi connectivity index (χ0) is 14.3. The monoisotopic (exact) mass is 287 g/mol. The molecule has 3 fully saturated rings. The largest absolute Gasteiger partial charge is 0.371 e. The van der Waals surface area contributed by atoms with E-state index < -0.39 is 0 Å². The van der Waals surface area contributed by atoms with E-state index in [1.807, 2.05) is 4.90 Å². The van der Waals surface area contributed by atoms with Crippen molar-refractivity contribution >= 4 is 5.91 Å². The molecule has 4 rings (SSSR count). The predicted molar refractivity (Wildman–Crippen MR) is 78.0 cm³/mol. The van der Waals surface area contributed by atoms with Gasteiger partial charge in [0.15, 0.2) is 0 Å². The van der Waals surface area contributed by atoms with Crippen LogP contribution in [0.2, 0.25) is 0 Å². The van der Waals surface area contributed by atoms with Gasteiger partial charge in [-0.15, -0.1) is 0 Å². The Morgan fingerprint density at radius 2 is 2.00 bits per heavy atom. The van der Waals surface area contributed by atoms with Gasteiger partial charge in [0.2, 0.25) is 0 Å². The van der Waals surface area contributed by atoms with Gasteiger partial charge in [0.05, 0.1) is 18.8 Å². The lowest BCUT2D eigenvalue weighted by atomic mass is 9.85. The second-order valence-electron chi connectivity index (χ2n) is 6.54. The van der Waals surface area contributed by atoms with Crippen LogP contribution in [0.3, 0.4) is 0 Å². The molecule has 5 heteroatoms. The molecule has 3 aliphatic rings. The van der Waals surface area contributed by atoms with Crippen LogP contribution in [0.4, 0.5) is 0 Å². The number of piperidine rings is 1. The van der Waals surface area contributed by atoms with Gasteiger partial charge in [-0.2, -0.15) is 0 Å². The smallest absolute Gasteiger partial charge is 0.254 e. The molecule has 3 atom stereocenters. The summed E-state index contributed by atoms with van der Waals surface area (Å²) in [5.74, 6) is 0.103. The number of hydrogen-bond acceptors (Lipinski definition) is 4. The van der Waals surface area contributed by atoms with Gasteiger partial charge in [-0.05, 0) is 37.8 Å². The molecule has 1 unspecified atom stereocenters. The van der Waals surface area contributed by atoms with Crippen molar-refractivity contribution in [1.29, 1.82) is 0 Å². The van der Waals surface area contributed by atoms with Crippen LogP contribution in [-0.2, 0) is 4.74 Å². The molecule has 4 heterocycles. The highest BCUT2D eigenvalue weighted by molar-refractivity contribution is 5.94. The fourth-order valence-corrected chi connectivity index (χ4v) is 4.15. The standard InChI is InChI=1S/C16H21N3O2/c20-15(12-3-5-17-6-4-12)19-7-8-21-16(11-19)9-13-1-2-14(10-16)18-13/h3-6,13-14,18H,1-2,7-11H2/t13-,14+,16?. The first-order chi connectivity index (χ1) is 10.2. The van der Waals surface area contributed by atoms with E-state index in [0.717, 1.165) is 24.9 Å². The molecule has 3 saturated heterocycles. The fourth-order valence-electron chi connectivity index (χ4n) is 4.15. The number of rotatable bonds is 1. The molecule has 1 aromatic rings. The van der Waals surface area contributed by atoms with Crippen LogP contribution < -0.4 is 5.32 Å². The molecule has 3 aliphatic heterocycles. The third-order valence-electron chi connectivity index (χ3n) is 5.03. The van der Waals surface area contributed by atoms with E-state index in [1.165, 1.54) is 12.8 Å². The molecule has 0 radical (unpaired) electrons. The SMILES string of the molecule is O=C(c1ccncc1)N1CCOC2(C[C@H]3CC[C@@H](C2)N3)C1. The fraction of sp³-hybridized carbons (Fsp3) is 0.625. The van der Waals surface area contributed by atoms with Gasteiger partial charge in [0.25, 0.3) is 5.91 Å². The van der Waals surface area contributed by atoms with Crippen molar-refractivity contribution in [3.8, 4) is 0 Å². The molecule has 0 saturated carbocycles. The van der Waals surface area contributed by atoms with Crippen molar-refractivity contribution < 1.29 is 9.53 Å². The van der Waals surface area contributed by atoms with Crippen LogP contribution in [0.5, 0.6) is 0 Å². The summed E-state index contributed by atoms with van der Waals surface area (Å²) in [6.07, 6.45) is 7.90. The normalized spacial score (nSPS) is 35.1. The van der Waals surface area contributed by atoms with E-state index in [-0.39, 0.29) is 11.5 Å². The van der Waals surface area contributed by atoms with E-state index in [4.69, 9.17) is 4.74 Å². The van der Waals surface area contributed by atoms with Crippen LogP contribution in [-0.4, -0.2) is 53.2 Å². The molecule has 1 N–H and O–H groups in total. The van der Waals surface area contributed by atoms with Gasteiger partial charge in [0.1, 0.15) is 0 Å². The number of carbonyl (C=O) groups is 1. The van der Waals surface area contributed by atoms with E-state index in [1.54, 1.807) is 24.5 Å². The minimum Gasteiger partial charge on any atom is -0.371 e. The van der Waals surface area contributed by atoms with Gasteiger partial charge in [-0.25, -0.2) is 0 Å². The summed E-state index contributed by atoms with van der Waals surface area (Å²) < 4.78 is 6.16. The van der Waals surface area contributed by atoms with Crippen molar-refractivity contribution in [3.05, 3.63) is 30.1 Å². The third kappa shape index (κ3) is 2.45. The summed E-state index contributed by atoms with van der Waals surface area (Å²) in [7, 11) is 0. The maximum absolute atomic E-state index is 12.6. The molecule has 1 aromatic heterocycles. The lowest BCUT2D eigenvalue weighted by molar-refractivity contribution is -0.122. The Morgan fingerprint density at radius 3 is 2.71 bits per heavy atom. The number of ether oxygens (including phenoxy) is 1. The minimum atomic E-state index is -0.127. The average Bonchev–Trinajstić information content (AvgIpc) is 2.87. The molecule has 2 bridgehead atoms. The average molecular weight is 287 g/mol. The number of fused-ring (bicyclic) bond motifs is 2. The van der Waals surface area contributed by atoms with Crippen LogP contribution in [0, 0.1) is 0 Å². The van der Waals surface area contributed by atoms with Gasteiger partial charge in [0, 0.05) is 36.6 Å². The summed E-state index contributed by atoms with van der Waals surface area (Å²) in [6.45, 7) is 2.06. The molecule has 5 nitrogen and oxygen atoms in total. The Balaban J connectivity index is 1.52. The highest BCUT2D eigenvalue weighted by atomic mass is 16.5. The van der Waals surface area contributed by atoms with Crippen molar-refractivity contribution in [1.82, 2.24) is 15.2 Å². The molecule has 1 spiro atoms. The number of nitrogens with zero attached hydrogens (tertiary/aromatic N) is 2. The molecule has 1 amide bonds. The zero-order valence-electron chi connectivity index (χ0n) is 12.1. The lowest BCUT2D eigenvalue weighted by Crippen LogP contribution is -2.60. The molecule has 21 heavy (non-hydrogen) atoms. The molecular formula is C16H21N3O2. The number of hydrogen-bond donors (Lipinski definition) is 1. The van der Waals surface area contributed by atoms with Gasteiger partial charge < -0.3 is 15.0 Å². The maximum Gasteiger partial charge on any atom is 0.254 e. The van der Waals surface area contributed by atoms with Crippen LogP contribution in [0.25, 0.3) is 0 Å². The van der Waals surface area contributed by atoms with Crippen LogP contribution in [0.1, 0.15) is 36.0 Å². The zero-order valence-corrected chi connectivity index (χ0v) is 12.1. The number of morpholine rings is 1. The van der Waals surface area contributed by atoms with Crippen molar-refractivity contribution in [2.24, 2.45) is 0 Å². The Bertz CT molecular complexity index is 522. The summed E-state index contributed by atoms with van der Waals surface area (Å²) in [4.78, 5) is 18.6. The first kappa shape index (κ1) is 13.2. The van der Waals surface area contributed by atoms with Gasteiger partial charge in [-0.3, -0.25) is 9.78 Å². The van der Waals surface area contributed by atoms with Crippen molar-refractivity contribution in [3.63, 3.8) is 0 Å². The van der Waals surface area contributed by atoms with E-state index in [2.05, 4.69) is 10.3 Å². The maximum atomic E-state index is 12.6. The Morgan fingerprint density at radius 1 is 1.29 bits per heavy atom. The Labute approximate surface area is 124 Å². The Hall–Kier alpha value is -1.46. The van der Waals surface area contributed by atoms with E-state index >= 15 is 0 Å². The first-order valence-corrected chi connectivity index (χ1v) is 7.83. The highest BCUT2D eigenvalue weighted by Gasteiger charge is 2.47. The summed E-state index contributed by atoms with van der Waals surface area (Å²) >= 11 is 0. The quantitative estimate of drug-likeness (QED) is 0.843. The number of carbonyl (C=O) groups excluding carboxylic acids is 1. The van der Waals surface area contributed by atoms with Gasteiger partial charge >= 0.3 is 0 Å². The van der Waals surface area contributed by atoms with E-state index in [0.29, 0.717) is 25.2 Å². The Kier molecular flexibility index (Phi) is 3.19. The molecule has 0 aromatic carbocycles.